The van der Waals surface area contributed by atoms with Gasteiger partial charge in [0.1, 0.15) is 0 Å². The van der Waals surface area contributed by atoms with Gasteiger partial charge in [-0.25, -0.2) is 0 Å². The van der Waals surface area contributed by atoms with Crippen LogP contribution >= 0.6 is 0 Å². The zero-order valence-electron chi connectivity index (χ0n) is 17.2. The Kier molecular flexibility index (Phi) is 9.74. The second kappa shape index (κ2) is 11.8. The molecule has 0 nitrogen and oxygen atoms in total. The van der Waals surface area contributed by atoms with Gasteiger partial charge in [0.15, 0.2) is 0 Å². The molecule has 0 saturated carbocycles. The van der Waals surface area contributed by atoms with E-state index in [-0.39, 0.29) is 7.43 Å². The maximum Gasteiger partial charge on any atom is -0.0178 e. The zero-order chi connectivity index (χ0) is 19.6. The Labute approximate surface area is 172 Å². The second-order valence-corrected chi connectivity index (χ2v) is 7.30. The summed E-state index contributed by atoms with van der Waals surface area (Å²) in [5.41, 5.74) is 9.06. The van der Waals surface area contributed by atoms with Crippen molar-refractivity contribution in [2.24, 2.45) is 0 Å². The minimum atomic E-state index is 0. The molecule has 0 fully saturated rings. The molecule has 146 valence electrons. The molecule has 0 heterocycles. The topological polar surface area (TPSA) is 0 Å². The molecule has 3 aromatic carbocycles. The van der Waals surface area contributed by atoms with Crippen LogP contribution in [0.1, 0.15) is 40.7 Å². The molecule has 0 spiro atoms. The van der Waals surface area contributed by atoms with Crippen molar-refractivity contribution in [3.05, 3.63) is 108 Å². The van der Waals surface area contributed by atoms with Crippen LogP contribution in [0.2, 0.25) is 0 Å². The number of aryl methyl sites for hydroxylation is 1. The van der Waals surface area contributed by atoms with Gasteiger partial charge in [-0.2, -0.15) is 0 Å². The smallest absolute Gasteiger partial charge is 0.0178 e. The van der Waals surface area contributed by atoms with E-state index in [1.54, 1.807) is 0 Å². The Bertz CT molecular complexity index is 870. The van der Waals surface area contributed by atoms with Crippen molar-refractivity contribution < 1.29 is 0 Å². The van der Waals surface area contributed by atoms with Crippen LogP contribution in [-0.2, 0) is 0 Å². The van der Waals surface area contributed by atoms with Crippen LogP contribution in [0.25, 0.3) is 22.3 Å². The lowest BCUT2D eigenvalue weighted by Gasteiger charge is -2.06. The van der Waals surface area contributed by atoms with Gasteiger partial charge in [0.2, 0.25) is 0 Å². The van der Waals surface area contributed by atoms with Crippen molar-refractivity contribution in [2.45, 2.75) is 42.0 Å². The molecule has 0 unspecified atom stereocenters. The Morgan fingerprint density at radius 2 is 0.964 bits per heavy atom. The van der Waals surface area contributed by atoms with Crippen molar-refractivity contribution in [1.29, 1.82) is 0 Å². The van der Waals surface area contributed by atoms with Crippen LogP contribution in [0, 0.1) is 6.92 Å². The number of hydrogen-bond donors (Lipinski definition) is 0. The molecule has 0 saturated heterocycles. The van der Waals surface area contributed by atoms with E-state index in [0.717, 1.165) is 0 Å². The van der Waals surface area contributed by atoms with E-state index in [0.29, 0.717) is 0 Å². The summed E-state index contributed by atoms with van der Waals surface area (Å²) in [7, 11) is 0. The van der Waals surface area contributed by atoms with E-state index in [1.165, 1.54) is 39.0 Å². The van der Waals surface area contributed by atoms with Crippen LogP contribution in [0.15, 0.2) is 102 Å². The highest BCUT2D eigenvalue weighted by atomic mass is 14.1. The first-order chi connectivity index (χ1) is 13.0. The average Bonchev–Trinajstić information content (AvgIpc) is 2.68. The molecular formula is C28H34. The van der Waals surface area contributed by atoms with Gasteiger partial charge in [-0.05, 0) is 62.9 Å². The average molecular weight is 371 g/mol. The van der Waals surface area contributed by atoms with Crippen molar-refractivity contribution in [2.75, 3.05) is 0 Å². The number of rotatable bonds is 3. The fourth-order valence-corrected chi connectivity index (χ4v) is 2.59. The third-order valence-corrected chi connectivity index (χ3v) is 4.10. The molecule has 0 aliphatic rings. The highest BCUT2D eigenvalue weighted by Crippen LogP contribution is 2.26. The quantitative estimate of drug-likeness (QED) is 0.404. The highest BCUT2D eigenvalue weighted by molar-refractivity contribution is 5.73. The maximum atomic E-state index is 2.25. The number of benzene rings is 3. The Morgan fingerprint density at radius 1 is 0.536 bits per heavy atom. The lowest BCUT2D eigenvalue weighted by Crippen LogP contribution is -1.81. The molecule has 0 N–H and O–H groups in total. The van der Waals surface area contributed by atoms with Gasteiger partial charge in [0, 0.05) is 0 Å². The monoisotopic (exact) mass is 370 g/mol. The van der Waals surface area contributed by atoms with Crippen LogP contribution in [0.5, 0.6) is 0 Å². The molecule has 0 aromatic heterocycles. The third-order valence-electron chi connectivity index (χ3n) is 4.10. The predicted molar refractivity (Wildman–Crippen MR) is 128 cm³/mol. The van der Waals surface area contributed by atoms with Gasteiger partial charge in [-0.3, -0.25) is 0 Å². The summed E-state index contributed by atoms with van der Waals surface area (Å²) in [6.45, 7) is 10.5. The molecule has 3 rings (SSSR count). The molecule has 0 amide bonds. The SMILES string of the molecule is C.CC(C)=CC=C(C)C.Cc1ccc(-c2cccc(-c3ccccc3)c2)cc1. The molecular weight excluding hydrogens is 336 g/mol. The van der Waals surface area contributed by atoms with Crippen molar-refractivity contribution >= 4 is 0 Å². The van der Waals surface area contributed by atoms with Gasteiger partial charge in [-0.1, -0.05) is 109 Å². The van der Waals surface area contributed by atoms with Gasteiger partial charge >= 0.3 is 0 Å². The molecule has 0 radical (unpaired) electrons. The minimum absolute atomic E-state index is 0. The van der Waals surface area contributed by atoms with Crippen molar-refractivity contribution in [3.8, 4) is 22.3 Å². The summed E-state index contributed by atoms with van der Waals surface area (Å²) < 4.78 is 0. The maximum absolute atomic E-state index is 2.25. The first kappa shape index (κ1) is 23.2. The third kappa shape index (κ3) is 7.80. The van der Waals surface area contributed by atoms with Crippen LogP contribution in [-0.4, -0.2) is 0 Å². The lowest BCUT2D eigenvalue weighted by atomic mass is 9.99. The Morgan fingerprint density at radius 3 is 1.43 bits per heavy atom. The first-order valence-electron chi connectivity index (χ1n) is 9.46. The van der Waals surface area contributed by atoms with E-state index < -0.39 is 0 Å². The number of hydrogen-bond acceptors (Lipinski definition) is 0. The summed E-state index contributed by atoms with van der Waals surface area (Å²) in [5.74, 6) is 0. The Balaban J connectivity index is 0.000000376. The van der Waals surface area contributed by atoms with E-state index in [4.69, 9.17) is 0 Å². The summed E-state index contributed by atoms with van der Waals surface area (Å²) in [4.78, 5) is 0. The molecule has 0 aliphatic carbocycles. The predicted octanol–water partition coefficient (Wildman–Crippen LogP) is 8.88. The molecule has 3 aromatic rings. The standard InChI is InChI=1S/C19H16.C8H14.CH4/c1-15-10-12-17(13-11-15)19-9-5-8-18(14-19)16-6-3-2-4-7-16;1-7(2)5-6-8(3)4;/h2-14H,1H3;5-6H,1-4H3;1H4. The normalized spacial score (nSPS) is 9.32. The lowest BCUT2D eigenvalue weighted by molar-refractivity contribution is 1.35. The highest BCUT2D eigenvalue weighted by Gasteiger charge is 2.00. The van der Waals surface area contributed by atoms with Gasteiger partial charge in [0.25, 0.3) is 0 Å². The van der Waals surface area contributed by atoms with E-state index in [1.807, 2.05) is 6.07 Å². The van der Waals surface area contributed by atoms with Gasteiger partial charge in [0.05, 0.1) is 0 Å². The van der Waals surface area contributed by atoms with Crippen LogP contribution in [0.3, 0.4) is 0 Å². The van der Waals surface area contributed by atoms with E-state index >= 15 is 0 Å². The molecule has 0 bridgehead atoms. The van der Waals surface area contributed by atoms with Gasteiger partial charge < -0.3 is 0 Å². The Hall–Kier alpha value is -2.86. The fraction of sp³-hybridized carbons (Fsp3) is 0.214. The van der Waals surface area contributed by atoms with Crippen molar-refractivity contribution in [3.63, 3.8) is 0 Å². The molecule has 0 atom stereocenters. The zero-order valence-corrected chi connectivity index (χ0v) is 17.2. The number of allylic oxidation sites excluding steroid dienone is 4. The van der Waals surface area contributed by atoms with E-state index in [2.05, 4.69) is 120 Å². The summed E-state index contributed by atoms with van der Waals surface area (Å²) in [5, 5.41) is 0. The molecule has 0 heteroatoms. The largest absolute Gasteiger partial charge is 0.0776 e. The van der Waals surface area contributed by atoms with Crippen molar-refractivity contribution in [1.82, 2.24) is 0 Å². The second-order valence-electron chi connectivity index (χ2n) is 7.30. The molecule has 0 aliphatic heterocycles. The summed E-state index contributed by atoms with van der Waals surface area (Å²) in [6, 6.07) is 27.9. The first-order valence-corrected chi connectivity index (χ1v) is 9.46. The minimum Gasteiger partial charge on any atom is -0.0776 e. The fourth-order valence-electron chi connectivity index (χ4n) is 2.59. The molecule has 28 heavy (non-hydrogen) atoms. The van der Waals surface area contributed by atoms with E-state index in [9.17, 15) is 0 Å². The van der Waals surface area contributed by atoms with Crippen LogP contribution < -0.4 is 0 Å². The summed E-state index contributed by atoms with van der Waals surface area (Å²) >= 11 is 0. The van der Waals surface area contributed by atoms with Gasteiger partial charge in [-0.15, -0.1) is 0 Å². The van der Waals surface area contributed by atoms with Crippen LogP contribution in [0.4, 0.5) is 0 Å². The summed E-state index contributed by atoms with van der Waals surface area (Å²) in [6.07, 6.45) is 4.24.